The molecule has 1 N–H and O–H groups in total. The summed E-state index contributed by atoms with van der Waals surface area (Å²) >= 11 is 0. The second kappa shape index (κ2) is 4.87. The number of carbonyl (C=O) groups excluding carboxylic acids is 1. The predicted molar refractivity (Wildman–Crippen MR) is 59.5 cm³/mol. The highest BCUT2D eigenvalue weighted by molar-refractivity contribution is 5.95. The summed E-state index contributed by atoms with van der Waals surface area (Å²) in [6, 6.07) is 1.09. The Hall–Kier alpha value is -1.36. The van der Waals surface area contributed by atoms with Crippen LogP contribution in [0.4, 0.5) is 4.39 Å². The molecule has 0 radical (unpaired) electrons. The Balaban J connectivity index is 2.03. The predicted octanol–water partition coefficient (Wildman–Crippen LogP) is 2.10. The van der Waals surface area contributed by atoms with Gasteiger partial charge in [-0.05, 0) is 32.8 Å². The van der Waals surface area contributed by atoms with Gasteiger partial charge in [-0.2, -0.15) is 0 Å². The maximum atomic E-state index is 13.4. The van der Waals surface area contributed by atoms with Crippen LogP contribution in [0.3, 0.4) is 0 Å². The van der Waals surface area contributed by atoms with E-state index in [9.17, 15) is 9.18 Å². The van der Waals surface area contributed by atoms with E-state index in [1.165, 1.54) is 0 Å². The molecule has 1 fully saturated rings. The molecule has 2 unspecified atom stereocenters. The van der Waals surface area contributed by atoms with Crippen LogP contribution in [-0.2, 0) is 4.74 Å². The molecule has 17 heavy (non-hydrogen) atoms. The number of amides is 1. The Morgan fingerprint density at radius 2 is 2.29 bits per heavy atom. The van der Waals surface area contributed by atoms with Gasteiger partial charge in [0.05, 0.1) is 18.2 Å². The standard InChI is InChI=1S/C12H16FNO3/c1-7-6-9(8(2)17-7)12(15)14-10-4-3-5-16-11(10)13/h6,10-11H,3-5H2,1-2H3,(H,14,15). The van der Waals surface area contributed by atoms with E-state index in [1.54, 1.807) is 19.9 Å². The number of halogens is 1. The maximum Gasteiger partial charge on any atom is 0.255 e. The summed E-state index contributed by atoms with van der Waals surface area (Å²) in [5.74, 6) is 0.911. The highest BCUT2D eigenvalue weighted by Crippen LogP contribution is 2.18. The quantitative estimate of drug-likeness (QED) is 0.862. The molecular formula is C12H16FNO3. The lowest BCUT2D eigenvalue weighted by Gasteiger charge is -2.26. The minimum atomic E-state index is -1.42. The second-order valence-electron chi connectivity index (χ2n) is 4.27. The average Bonchev–Trinajstić information content (AvgIpc) is 2.61. The van der Waals surface area contributed by atoms with Crippen LogP contribution >= 0.6 is 0 Å². The van der Waals surface area contributed by atoms with Crippen LogP contribution in [0.25, 0.3) is 0 Å². The molecule has 1 aromatic heterocycles. The molecule has 2 atom stereocenters. The van der Waals surface area contributed by atoms with Crippen molar-refractivity contribution < 1.29 is 18.3 Å². The van der Waals surface area contributed by atoms with Crippen LogP contribution in [0.15, 0.2) is 10.5 Å². The molecule has 4 nitrogen and oxygen atoms in total. The van der Waals surface area contributed by atoms with Gasteiger partial charge in [0.2, 0.25) is 6.36 Å². The number of alkyl halides is 1. The third-order valence-electron chi connectivity index (χ3n) is 2.85. The molecule has 2 heterocycles. The van der Waals surface area contributed by atoms with Crippen LogP contribution in [-0.4, -0.2) is 24.9 Å². The summed E-state index contributed by atoms with van der Waals surface area (Å²) in [6.45, 7) is 3.90. The Kier molecular flexibility index (Phi) is 3.47. The van der Waals surface area contributed by atoms with Crippen molar-refractivity contribution in [2.75, 3.05) is 6.61 Å². The Morgan fingerprint density at radius 3 is 2.88 bits per heavy atom. The van der Waals surface area contributed by atoms with Crippen molar-refractivity contribution in [1.82, 2.24) is 5.32 Å². The fraction of sp³-hybridized carbons (Fsp3) is 0.583. The summed E-state index contributed by atoms with van der Waals surface area (Å²) in [6.07, 6.45) is -0.0571. The topological polar surface area (TPSA) is 51.5 Å². The Morgan fingerprint density at radius 1 is 1.53 bits per heavy atom. The van der Waals surface area contributed by atoms with Gasteiger partial charge in [-0.25, -0.2) is 4.39 Å². The van der Waals surface area contributed by atoms with E-state index in [2.05, 4.69) is 5.32 Å². The highest BCUT2D eigenvalue weighted by Gasteiger charge is 2.28. The first kappa shape index (κ1) is 12.1. The van der Waals surface area contributed by atoms with Crippen LogP contribution in [0.1, 0.15) is 34.7 Å². The molecule has 1 amide bonds. The fourth-order valence-electron chi connectivity index (χ4n) is 1.99. The minimum Gasteiger partial charge on any atom is -0.466 e. The van der Waals surface area contributed by atoms with E-state index in [1.807, 2.05) is 0 Å². The van der Waals surface area contributed by atoms with Gasteiger partial charge in [-0.1, -0.05) is 0 Å². The Bertz CT molecular complexity index is 416. The second-order valence-corrected chi connectivity index (χ2v) is 4.27. The monoisotopic (exact) mass is 241 g/mol. The lowest BCUT2D eigenvalue weighted by Crippen LogP contribution is -2.45. The number of ether oxygens (including phenoxy) is 1. The van der Waals surface area contributed by atoms with Crippen molar-refractivity contribution in [3.05, 3.63) is 23.2 Å². The summed E-state index contributed by atoms with van der Waals surface area (Å²) in [5, 5.41) is 2.64. The van der Waals surface area contributed by atoms with Gasteiger partial charge in [-0.3, -0.25) is 4.79 Å². The largest absolute Gasteiger partial charge is 0.466 e. The highest BCUT2D eigenvalue weighted by atomic mass is 19.1. The molecule has 5 heteroatoms. The molecule has 1 aliphatic heterocycles. The van der Waals surface area contributed by atoms with Crippen molar-refractivity contribution in [2.45, 2.75) is 39.1 Å². The van der Waals surface area contributed by atoms with Crippen LogP contribution in [0.5, 0.6) is 0 Å². The van der Waals surface area contributed by atoms with Crippen molar-refractivity contribution in [1.29, 1.82) is 0 Å². The zero-order valence-corrected chi connectivity index (χ0v) is 9.96. The lowest BCUT2D eigenvalue weighted by atomic mass is 10.1. The first-order chi connectivity index (χ1) is 8.08. The average molecular weight is 241 g/mol. The summed E-state index contributed by atoms with van der Waals surface area (Å²) in [4.78, 5) is 11.9. The van der Waals surface area contributed by atoms with Crippen LogP contribution < -0.4 is 5.32 Å². The first-order valence-corrected chi connectivity index (χ1v) is 5.71. The zero-order valence-electron chi connectivity index (χ0n) is 9.96. The van der Waals surface area contributed by atoms with E-state index in [-0.39, 0.29) is 5.91 Å². The third kappa shape index (κ3) is 2.66. The molecule has 0 aromatic carbocycles. The van der Waals surface area contributed by atoms with E-state index >= 15 is 0 Å². The number of hydrogen-bond donors (Lipinski definition) is 1. The molecule has 1 aromatic rings. The van der Waals surface area contributed by atoms with E-state index < -0.39 is 12.4 Å². The number of rotatable bonds is 2. The number of nitrogens with one attached hydrogen (secondary N) is 1. The van der Waals surface area contributed by atoms with Gasteiger partial charge in [0, 0.05) is 0 Å². The molecule has 1 saturated heterocycles. The summed E-state index contributed by atoms with van der Waals surface area (Å²) in [5.41, 5.74) is 0.459. The van der Waals surface area contributed by atoms with Gasteiger partial charge >= 0.3 is 0 Å². The van der Waals surface area contributed by atoms with Gasteiger partial charge in [-0.15, -0.1) is 0 Å². The molecule has 2 rings (SSSR count). The van der Waals surface area contributed by atoms with Crippen molar-refractivity contribution in [3.63, 3.8) is 0 Å². The molecule has 0 bridgehead atoms. The summed E-state index contributed by atoms with van der Waals surface area (Å²) < 4.78 is 23.5. The molecular weight excluding hydrogens is 225 g/mol. The van der Waals surface area contributed by atoms with Crippen LogP contribution in [0.2, 0.25) is 0 Å². The minimum absolute atomic E-state index is 0.308. The van der Waals surface area contributed by atoms with E-state index in [4.69, 9.17) is 9.15 Å². The molecule has 0 spiro atoms. The number of aryl methyl sites for hydroxylation is 2. The van der Waals surface area contributed by atoms with E-state index in [0.717, 1.165) is 6.42 Å². The van der Waals surface area contributed by atoms with Gasteiger partial charge in [0.15, 0.2) is 0 Å². The normalized spacial score (nSPS) is 24.6. The summed E-state index contributed by atoms with van der Waals surface area (Å²) in [7, 11) is 0. The lowest BCUT2D eigenvalue weighted by molar-refractivity contribution is -0.0871. The van der Waals surface area contributed by atoms with Gasteiger partial charge in [0.25, 0.3) is 5.91 Å². The first-order valence-electron chi connectivity index (χ1n) is 5.71. The van der Waals surface area contributed by atoms with E-state index in [0.29, 0.717) is 30.1 Å². The molecule has 0 aliphatic carbocycles. The number of hydrogen-bond acceptors (Lipinski definition) is 3. The number of furan rings is 1. The smallest absolute Gasteiger partial charge is 0.255 e. The molecule has 94 valence electrons. The van der Waals surface area contributed by atoms with Gasteiger partial charge < -0.3 is 14.5 Å². The third-order valence-corrected chi connectivity index (χ3v) is 2.85. The zero-order chi connectivity index (χ0) is 12.4. The fourth-order valence-corrected chi connectivity index (χ4v) is 1.99. The van der Waals surface area contributed by atoms with Gasteiger partial charge in [0.1, 0.15) is 11.5 Å². The molecule has 0 saturated carbocycles. The molecule has 1 aliphatic rings. The van der Waals surface area contributed by atoms with Crippen molar-refractivity contribution in [2.24, 2.45) is 0 Å². The van der Waals surface area contributed by atoms with Crippen molar-refractivity contribution >= 4 is 5.91 Å². The van der Waals surface area contributed by atoms with Crippen molar-refractivity contribution in [3.8, 4) is 0 Å². The Labute approximate surface area is 99.1 Å². The van der Waals surface area contributed by atoms with Crippen LogP contribution in [0, 0.1) is 13.8 Å². The SMILES string of the molecule is Cc1cc(C(=O)NC2CCCOC2F)c(C)o1. The maximum absolute atomic E-state index is 13.4. The number of carbonyl (C=O) groups is 1.